The van der Waals surface area contributed by atoms with Crippen LogP contribution in [0.4, 0.5) is 0 Å². The van der Waals surface area contributed by atoms with Crippen LogP contribution in [0, 0.1) is 5.92 Å². The Bertz CT molecular complexity index is 833. The van der Waals surface area contributed by atoms with E-state index in [9.17, 15) is 4.79 Å². The normalized spacial score (nSPS) is 21.2. The Morgan fingerprint density at radius 3 is 2.89 bits per heavy atom. The van der Waals surface area contributed by atoms with E-state index < -0.39 is 0 Å². The number of carbonyl (C=O) groups is 1. The molecule has 2 aromatic rings. The van der Waals surface area contributed by atoms with Gasteiger partial charge in [0.25, 0.3) is 5.91 Å². The second kappa shape index (κ2) is 7.28. The molecule has 27 heavy (non-hydrogen) atoms. The first kappa shape index (κ1) is 18.5. The van der Waals surface area contributed by atoms with Gasteiger partial charge in [0, 0.05) is 47.3 Å². The van der Waals surface area contributed by atoms with Crippen molar-refractivity contribution in [3.8, 4) is 0 Å². The molecule has 1 atom stereocenters. The number of aromatic nitrogens is 1. The van der Waals surface area contributed by atoms with E-state index in [-0.39, 0.29) is 11.4 Å². The van der Waals surface area contributed by atoms with E-state index in [0.29, 0.717) is 12.5 Å². The molecule has 2 heterocycles. The van der Waals surface area contributed by atoms with Crippen molar-refractivity contribution in [2.45, 2.75) is 45.6 Å². The van der Waals surface area contributed by atoms with Gasteiger partial charge in [0.15, 0.2) is 0 Å². The lowest BCUT2D eigenvalue weighted by atomic mass is 9.87. The molecule has 0 saturated carbocycles. The quantitative estimate of drug-likeness (QED) is 0.871. The Balaban J connectivity index is 1.48. The molecule has 0 unspecified atom stereocenters. The van der Waals surface area contributed by atoms with Crippen LogP contribution in [-0.2, 0) is 17.6 Å². The summed E-state index contributed by atoms with van der Waals surface area (Å²) in [4.78, 5) is 18.8. The summed E-state index contributed by atoms with van der Waals surface area (Å²) >= 11 is 0. The minimum absolute atomic E-state index is 0.0112. The number of carbonyl (C=O) groups excluding carboxylic acids is 1. The fraction of sp³-hybridized carbons (Fsp3) is 0.591. The van der Waals surface area contributed by atoms with Crippen molar-refractivity contribution in [3.05, 3.63) is 35.0 Å². The van der Waals surface area contributed by atoms with Crippen LogP contribution < -0.4 is 5.32 Å². The van der Waals surface area contributed by atoms with Gasteiger partial charge in [-0.25, -0.2) is 0 Å². The van der Waals surface area contributed by atoms with Crippen LogP contribution >= 0.6 is 0 Å². The molecule has 1 aliphatic carbocycles. The van der Waals surface area contributed by atoms with Crippen molar-refractivity contribution in [2.24, 2.45) is 5.92 Å². The fourth-order valence-corrected chi connectivity index (χ4v) is 4.41. The zero-order chi connectivity index (χ0) is 19.0. The van der Waals surface area contributed by atoms with Gasteiger partial charge in [-0.05, 0) is 62.8 Å². The number of amides is 1. The Kier molecular flexibility index (Phi) is 4.99. The molecular weight excluding hydrogens is 338 g/mol. The Morgan fingerprint density at radius 1 is 1.33 bits per heavy atom. The van der Waals surface area contributed by atoms with Crippen molar-refractivity contribution in [3.63, 3.8) is 0 Å². The van der Waals surface area contributed by atoms with Crippen molar-refractivity contribution < 1.29 is 9.53 Å². The molecule has 5 nitrogen and oxygen atoms in total. The third kappa shape index (κ3) is 3.76. The number of rotatable bonds is 4. The van der Waals surface area contributed by atoms with Gasteiger partial charge < -0.3 is 15.0 Å². The summed E-state index contributed by atoms with van der Waals surface area (Å²) in [5, 5.41) is 4.37. The van der Waals surface area contributed by atoms with Gasteiger partial charge in [-0.15, -0.1) is 0 Å². The highest BCUT2D eigenvalue weighted by atomic mass is 16.5. The Morgan fingerprint density at radius 2 is 2.11 bits per heavy atom. The molecule has 0 bridgehead atoms. The molecule has 5 heteroatoms. The number of nitrogens with zero attached hydrogens (tertiary/aromatic N) is 1. The summed E-state index contributed by atoms with van der Waals surface area (Å²) < 4.78 is 5.44. The van der Waals surface area contributed by atoms with Gasteiger partial charge in [0.2, 0.25) is 0 Å². The van der Waals surface area contributed by atoms with E-state index in [0.717, 1.165) is 50.2 Å². The first-order chi connectivity index (χ1) is 12.9. The molecule has 0 spiro atoms. The number of H-pyrrole nitrogens is 1. The van der Waals surface area contributed by atoms with Gasteiger partial charge in [0.05, 0.1) is 13.2 Å². The van der Waals surface area contributed by atoms with E-state index in [4.69, 9.17) is 4.74 Å². The van der Waals surface area contributed by atoms with E-state index in [1.54, 1.807) is 0 Å². The number of aromatic amines is 1. The van der Waals surface area contributed by atoms with Gasteiger partial charge >= 0.3 is 0 Å². The molecule has 1 amide bonds. The van der Waals surface area contributed by atoms with Crippen molar-refractivity contribution in [2.75, 3.05) is 32.8 Å². The van der Waals surface area contributed by atoms with Gasteiger partial charge in [-0.3, -0.25) is 9.69 Å². The lowest BCUT2D eigenvalue weighted by molar-refractivity contribution is -0.00923. The molecule has 4 rings (SSSR count). The highest BCUT2D eigenvalue weighted by Gasteiger charge is 2.29. The first-order valence-electron chi connectivity index (χ1n) is 10.2. The van der Waals surface area contributed by atoms with Crippen LogP contribution in [0.15, 0.2) is 18.2 Å². The lowest BCUT2D eigenvalue weighted by Gasteiger charge is -2.40. The number of ether oxygens (including phenoxy) is 1. The van der Waals surface area contributed by atoms with E-state index in [1.807, 2.05) is 6.07 Å². The van der Waals surface area contributed by atoms with Crippen LogP contribution in [0.5, 0.6) is 0 Å². The summed E-state index contributed by atoms with van der Waals surface area (Å²) in [7, 11) is 0. The minimum Gasteiger partial charge on any atom is -0.379 e. The first-order valence-corrected chi connectivity index (χ1v) is 10.2. The topological polar surface area (TPSA) is 57.4 Å². The van der Waals surface area contributed by atoms with Crippen molar-refractivity contribution in [1.82, 2.24) is 15.2 Å². The molecule has 1 aliphatic heterocycles. The van der Waals surface area contributed by atoms with Gasteiger partial charge in [0.1, 0.15) is 0 Å². The average molecular weight is 370 g/mol. The predicted molar refractivity (Wildman–Crippen MR) is 108 cm³/mol. The SMILES string of the molecule is C[C@H]1CCc2[nH]c3ccc(C(=O)NCC(C)(C)N4CCOCC4)cc3c2C1. The number of nitrogens with one attached hydrogen (secondary N) is 2. The van der Waals surface area contributed by atoms with Gasteiger partial charge in [-0.2, -0.15) is 0 Å². The maximum absolute atomic E-state index is 12.8. The van der Waals surface area contributed by atoms with Crippen LogP contribution in [0.1, 0.15) is 48.8 Å². The van der Waals surface area contributed by atoms with E-state index in [2.05, 4.69) is 48.1 Å². The predicted octanol–water partition coefficient (Wildman–Crippen LogP) is 3.13. The van der Waals surface area contributed by atoms with Crippen LogP contribution in [-0.4, -0.2) is 54.2 Å². The molecule has 2 N–H and O–H groups in total. The molecule has 2 aliphatic rings. The van der Waals surface area contributed by atoms with Gasteiger partial charge in [-0.1, -0.05) is 6.92 Å². The lowest BCUT2D eigenvalue weighted by Crippen LogP contribution is -2.55. The zero-order valence-electron chi connectivity index (χ0n) is 16.7. The summed E-state index contributed by atoms with van der Waals surface area (Å²) in [5.41, 5.74) is 4.59. The van der Waals surface area contributed by atoms with Crippen LogP contribution in [0.3, 0.4) is 0 Å². The minimum atomic E-state index is -0.0772. The van der Waals surface area contributed by atoms with E-state index in [1.165, 1.54) is 23.1 Å². The number of benzene rings is 1. The third-order valence-corrected chi connectivity index (χ3v) is 6.25. The number of aryl methyl sites for hydroxylation is 1. The summed E-state index contributed by atoms with van der Waals surface area (Å²) in [6, 6.07) is 6.06. The monoisotopic (exact) mass is 369 g/mol. The number of morpholine rings is 1. The Hall–Kier alpha value is -1.85. The van der Waals surface area contributed by atoms with Crippen LogP contribution in [0.2, 0.25) is 0 Å². The van der Waals surface area contributed by atoms with Crippen molar-refractivity contribution >= 4 is 16.8 Å². The summed E-state index contributed by atoms with van der Waals surface area (Å²) in [6.45, 7) is 10.7. The summed E-state index contributed by atoms with van der Waals surface area (Å²) in [6.07, 6.45) is 3.45. The highest BCUT2D eigenvalue weighted by molar-refractivity contribution is 5.99. The molecule has 0 radical (unpaired) electrons. The number of fused-ring (bicyclic) bond motifs is 3. The maximum atomic E-state index is 12.8. The van der Waals surface area contributed by atoms with Crippen LogP contribution in [0.25, 0.3) is 10.9 Å². The smallest absolute Gasteiger partial charge is 0.251 e. The van der Waals surface area contributed by atoms with Crippen molar-refractivity contribution in [1.29, 1.82) is 0 Å². The molecule has 1 aromatic carbocycles. The molecule has 146 valence electrons. The zero-order valence-corrected chi connectivity index (χ0v) is 16.7. The average Bonchev–Trinajstić information content (AvgIpc) is 3.04. The Labute approximate surface area is 161 Å². The van der Waals surface area contributed by atoms with E-state index >= 15 is 0 Å². The fourth-order valence-electron chi connectivity index (χ4n) is 4.41. The highest BCUT2D eigenvalue weighted by Crippen LogP contribution is 2.32. The molecular formula is C22H31N3O2. The second-order valence-corrected chi connectivity index (χ2v) is 8.78. The number of hydrogen-bond donors (Lipinski definition) is 2. The summed E-state index contributed by atoms with van der Waals surface area (Å²) in [5.74, 6) is 0.723. The standard InChI is InChI=1S/C22H31N3O2/c1-15-4-6-19-17(12-15)18-13-16(5-7-20(18)24-19)21(26)23-14-22(2,3)25-8-10-27-11-9-25/h5,7,13,15,24H,4,6,8-12,14H2,1-3H3,(H,23,26)/t15-/m0/s1. The molecule has 1 fully saturated rings. The molecule has 1 aromatic heterocycles. The largest absolute Gasteiger partial charge is 0.379 e. The molecule has 1 saturated heterocycles. The second-order valence-electron chi connectivity index (χ2n) is 8.78. The number of hydrogen-bond acceptors (Lipinski definition) is 3. The third-order valence-electron chi connectivity index (χ3n) is 6.25. The maximum Gasteiger partial charge on any atom is 0.251 e.